The number of H-pyrrole nitrogens is 2. The molecule has 0 saturated heterocycles. The molecule has 1 aromatic heterocycles. The molecule has 1 aliphatic heterocycles. The number of hydrogen-bond acceptors (Lipinski definition) is 3. The molecule has 3 N–H and O–H groups in total. The molecule has 0 unspecified atom stereocenters. The number of amides is 1. The lowest BCUT2D eigenvalue weighted by Gasteiger charge is -1.94. The highest BCUT2D eigenvalue weighted by Gasteiger charge is 2.19. The maximum atomic E-state index is 11.5. The van der Waals surface area contributed by atoms with Gasteiger partial charge in [-0.3, -0.25) is 14.7 Å². The summed E-state index contributed by atoms with van der Waals surface area (Å²) in [4.78, 5) is 23.1. The predicted octanol–water partition coefficient (Wildman–Crippen LogP) is 1.10. The third-order valence-electron chi connectivity index (χ3n) is 2.96. The number of hydrogen-bond donors (Lipinski definition) is 3. The van der Waals surface area contributed by atoms with Crippen LogP contribution in [0.3, 0.4) is 0 Å². The van der Waals surface area contributed by atoms with Gasteiger partial charge in [0.2, 0.25) is 0 Å². The van der Waals surface area contributed by atoms with Gasteiger partial charge in [-0.25, -0.2) is 5.43 Å². The number of carbonyl (C=O) groups is 1. The number of rotatable bonds is 4. The van der Waals surface area contributed by atoms with Crippen LogP contribution in [0.5, 0.6) is 0 Å². The second kappa shape index (κ2) is 5.51. The zero-order valence-electron chi connectivity index (χ0n) is 10.9. The summed E-state index contributed by atoms with van der Waals surface area (Å²) < 4.78 is 0. The molecule has 0 fully saturated rings. The van der Waals surface area contributed by atoms with Crippen molar-refractivity contribution in [2.24, 2.45) is 5.10 Å². The van der Waals surface area contributed by atoms with Crippen molar-refractivity contribution in [3.05, 3.63) is 39.3 Å². The number of aryl methyl sites for hydroxylation is 1. The van der Waals surface area contributed by atoms with Crippen LogP contribution in [0.1, 0.15) is 31.5 Å². The van der Waals surface area contributed by atoms with Gasteiger partial charge in [-0.05, 0) is 25.0 Å². The number of nitrogens with one attached hydrogen (secondary N) is 3. The number of allylic oxidation sites excluding steroid dienone is 2. The molecular formula is C13H16N4O2. The maximum absolute atomic E-state index is 11.5. The van der Waals surface area contributed by atoms with Crippen LogP contribution in [-0.2, 0) is 11.2 Å². The van der Waals surface area contributed by atoms with Gasteiger partial charge in [0.25, 0.3) is 11.5 Å². The SMILES string of the molecule is CCC1=NNC(=O)/C1=C\C=C\c1c(CC)[nH][nH]c1=O. The number of nitrogens with zero attached hydrogens (tertiary/aromatic N) is 1. The molecule has 0 bridgehead atoms. The van der Waals surface area contributed by atoms with Crippen molar-refractivity contribution in [1.29, 1.82) is 0 Å². The van der Waals surface area contributed by atoms with Crippen LogP contribution in [0.15, 0.2) is 27.6 Å². The van der Waals surface area contributed by atoms with Crippen molar-refractivity contribution in [1.82, 2.24) is 15.6 Å². The summed E-state index contributed by atoms with van der Waals surface area (Å²) in [6.07, 6.45) is 6.49. The third kappa shape index (κ3) is 2.57. The van der Waals surface area contributed by atoms with E-state index in [0.29, 0.717) is 17.6 Å². The van der Waals surface area contributed by atoms with Gasteiger partial charge in [0, 0.05) is 5.69 Å². The third-order valence-corrected chi connectivity index (χ3v) is 2.96. The highest BCUT2D eigenvalue weighted by Crippen LogP contribution is 2.10. The van der Waals surface area contributed by atoms with Crippen molar-refractivity contribution >= 4 is 17.7 Å². The van der Waals surface area contributed by atoms with E-state index in [2.05, 4.69) is 20.7 Å². The summed E-state index contributed by atoms with van der Waals surface area (Å²) in [5.41, 5.74) is 4.97. The minimum atomic E-state index is -0.208. The fraction of sp³-hybridized carbons (Fsp3) is 0.308. The first-order valence-corrected chi connectivity index (χ1v) is 6.22. The van der Waals surface area contributed by atoms with Crippen LogP contribution in [0.2, 0.25) is 0 Å². The van der Waals surface area contributed by atoms with Gasteiger partial charge < -0.3 is 5.10 Å². The van der Waals surface area contributed by atoms with Crippen molar-refractivity contribution in [2.45, 2.75) is 26.7 Å². The monoisotopic (exact) mass is 260 g/mol. The van der Waals surface area contributed by atoms with Gasteiger partial charge in [-0.2, -0.15) is 5.10 Å². The fourth-order valence-corrected chi connectivity index (χ4v) is 1.91. The van der Waals surface area contributed by atoms with Gasteiger partial charge in [0.1, 0.15) is 0 Å². The Kier molecular flexibility index (Phi) is 3.79. The molecule has 6 nitrogen and oxygen atoms in total. The fourth-order valence-electron chi connectivity index (χ4n) is 1.91. The molecule has 100 valence electrons. The van der Waals surface area contributed by atoms with Crippen LogP contribution >= 0.6 is 0 Å². The van der Waals surface area contributed by atoms with E-state index in [1.165, 1.54) is 0 Å². The van der Waals surface area contributed by atoms with E-state index in [-0.39, 0.29) is 11.5 Å². The Morgan fingerprint density at radius 1 is 1.16 bits per heavy atom. The first-order chi connectivity index (χ1) is 9.17. The lowest BCUT2D eigenvalue weighted by Crippen LogP contribution is -2.12. The zero-order valence-corrected chi connectivity index (χ0v) is 10.9. The highest BCUT2D eigenvalue weighted by atomic mass is 16.2. The average molecular weight is 260 g/mol. The Bertz CT molecular complexity index is 631. The predicted molar refractivity (Wildman–Crippen MR) is 73.8 cm³/mol. The number of aromatic amines is 2. The lowest BCUT2D eigenvalue weighted by atomic mass is 10.1. The van der Waals surface area contributed by atoms with Crippen LogP contribution in [0, 0.1) is 0 Å². The van der Waals surface area contributed by atoms with Crippen LogP contribution in [-0.4, -0.2) is 21.8 Å². The normalized spacial score (nSPS) is 17.3. The summed E-state index contributed by atoms with van der Waals surface area (Å²) in [6.45, 7) is 3.89. The first-order valence-electron chi connectivity index (χ1n) is 6.22. The molecular weight excluding hydrogens is 244 g/mol. The molecule has 1 aliphatic rings. The number of aromatic nitrogens is 2. The Morgan fingerprint density at radius 2 is 1.95 bits per heavy atom. The molecule has 0 atom stereocenters. The van der Waals surface area contributed by atoms with Crippen LogP contribution in [0.4, 0.5) is 0 Å². The second-order valence-electron chi connectivity index (χ2n) is 4.12. The largest absolute Gasteiger partial charge is 0.302 e. The van der Waals surface area contributed by atoms with Crippen molar-refractivity contribution in [3.63, 3.8) is 0 Å². The van der Waals surface area contributed by atoms with E-state index in [1.807, 2.05) is 13.8 Å². The second-order valence-corrected chi connectivity index (χ2v) is 4.12. The van der Waals surface area contributed by atoms with Crippen molar-refractivity contribution in [3.8, 4) is 0 Å². The van der Waals surface area contributed by atoms with E-state index < -0.39 is 0 Å². The van der Waals surface area contributed by atoms with Crippen LogP contribution in [0.25, 0.3) is 6.08 Å². The molecule has 0 aliphatic carbocycles. The van der Waals surface area contributed by atoms with Gasteiger partial charge >= 0.3 is 0 Å². The van der Waals surface area contributed by atoms with Crippen molar-refractivity contribution in [2.75, 3.05) is 0 Å². The molecule has 19 heavy (non-hydrogen) atoms. The molecule has 0 saturated carbocycles. The molecule has 2 rings (SSSR count). The van der Waals surface area contributed by atoms with E-state index >= 15 is 0 Å². The van der Waals surface area contributed by atoms with E-state index in [1.54, 1.807) is 18.2 Å². The van der Waals surface area contributed by atoms with Gasteiger partial charge in [0.15, 0.2) is 0 Å². The molecule has 0 spiro atoms. The maximum Gasteiger partial charge on any atom is 0.273 e. The molecule has 1 aromatic rings. The molecule has 0 radical (unpaired) electrons. The Labute approximate surface area is 110 Å². The van der Waals surface area contributed by atoms with Gasteiger partial charge in [-0.1, -0.05) is 19.9 Å². The molecule has 2 heterocycles. The zero-order chi connectivity index (χ0) is 13.8. The summed E-state index contributed by atoms with van der Waals surface area (Å²) in [5.74, 6) is -0.208. The minimum Gasteiger partial charge on any atom is -0.302 e. The van der Waals surface area contributed by atoms with Gasteiger partial charge in [-0.15, -0.1) is 0 Å². The van der Waals surface area contributed by atoms with E-state index in [4.69, 9.17) is 0 Å². The quantitative estimate of drug-likeness (QED) is 0.707. The Morgan fingerprint density at radius 3 is 2.63 bits per heavy atom. The summed E-state index contributed by atoms with van der Waals surface area (Å²) in [5, 5.41) is 9.28. The first kappa shape index (κ1) is 13.1. The summed E-state index contributed by atoms with van der Waals surface area (Å²) in [7, 11) is 0. The Balaban J connectivity index is 2.24. The van der Waals surface area contributed by atoms with E-state index in [0.717, 1.165) is 17.8 Å². The highest BCUT2D eigenvalue weighted by molar-refractivity contribution is 6.24. The smallest absolute Gasteiger partial charge is 0.273 e. The average Bonchev–Trinajstić information content (AvgIpc) is 2.94. The van der Waals surface area contributed by atoms with E-state index in [9.17, 15) is 9.59 Å². The summed E-state index contributed by atoms with van der Waals surface area (Å²) >= 11 is 0. The standard InChI is InChI=1S/C13H16N4O2/c1-3-10-8(12(18)16-14-10)6-5-7-9-11(4-2)15-17-13(9)19/h5-7H,3-4H2,1-2H3,(H,16,18)(H2,15,17,19)/b7-5+,8-6-. The molecule has 6 heteroatoms. The molecule has 1 amide bonds. The van der Waals surface area contributed by atoms with Crippen molar-refractivity contribution < 1.29 is 4.79 Å². The number of carbonyl (C=O) groups excluding carboxylic acids is 1. The van der Waals surface area contributed by atoms with Crippen LogP contribution < -0.4 is 11.0 Å². The topological polar surface area (TPSA) is 90.1 Å². The lowest BCUT2D eigenvalue weighted by molar-refractivity contribution is -0.116. The number of hydrazone groups is 1. The summed E-state index contributed by atoms with van der Waals surface area (Å²) in [6, 6.07) is 0. The molecule has 0 aromatic carbocycles. The minimum absolute atomic E-state index is 0.160. The Hall–Kier alpha value is -2.37. The van der Waals surface area contributed by atoms with Gasteiger partial charge in [0.05, 0.1) is 16.8 Å².